The molecule has 2 aliphatic rings. The van der Waals surface area contributed by atoms with Gasteiger partial charge < -0.3 is 20.1 Å². The van der Waals surface area contributed by atoms with E-state index in [9.17, 15) is 4.79 Å². The zero-order chi connectivity index (χ0) is 16.1. The summed E-state index contributed by atoms with van der Waals surface area (Å²) in [5.41, 5.74) is 2.03. The third-order valence-corrected chi connectivity index (χ3v) is 4.30. The SMILES string of the molecule is C[C@H]1OCCN[C@@H]1C(=O)Nc1cccc(CN2CCOCC2)c1.Cl.Cl. The number of hydrogen-bond donors (Lipinski definition) is 2. The van der Waals surface area contributed by atoms with Gasteiger partial charge >= 0.3 is 0 Å². The molecule has 0 bridgehead atoms. The highest BCUT2D eigenvalue weighted by Gasteiger charge is 2.28. The number of carbonyl (C=O) groups is 1. The number of anilines is 1. The molecule has 2 heterocycles. The van der Waals surface area contributed by atoms with Crippen molar-refractivity contribution in [2.24, 2.45) is 0 Å². The van der Waals surface area contributed by atoms with Gasteiger partial charge in [-0.15, -0.1) is 24.8 Å². The van der Waals surface area contributed by atoms with Gasteiger partial charge in [-0.05, 0) is 24.6 Å². The van der Waals surface area contributed by atoms with Crippen LogP contribution in [0.15, 0.2) is 24.3 Å². The van der Waals surface area contributed by atoms with Crippen LogP contribution in [0.3, 0.4) is 0 Å². The number of morpholine rings is 2. The molecule has 0 spiro atoms. The van der Waals surface area contributed by atoms with Crippen molar-refractivity contribution in [3.05, 3.63) is 29.8 Å². The molecule has 1 aromatic carbocycles. The first-order valence-corrected chi connectivity index (χ1v) is 8.27. The predicted molar refractivity (Wildman–Crippen MR) is 103 cm³/mol. The first-order chi connectivity index (χ1) is 11.2. The summed E-state index contributed by atoms with van der Waals surface area (Å²) < 4.78 is 10.9. The molecule has 3 rings (SSSR count). The maximum absolute atomic E-state index is 12.4. The van der Waals surface area contributed by atoms with Crippen LogP contribution in [0.4, 0.5) is 5.69 Å². The molecule has 142 valence electrons. The summed E-state index contributed by atoms with van der Waals surface area (Å²) >= 11 is 0. The van der Waals surface area contributed by atoms with Crippen LogP contribution in [0.25, 0.3) is 0 Å². The van der Waals surface area contributed by atoms with E-state index in [0.29, 0.717) is 13.2 Å². The number of hydrogen-bond acceptors (Lipinski definition) is 5. The summed E-state index contributed by atoms with van der Waals surface area (Å²) in [6.07, 6.45) is -0.111. The summed E-state index contributed by atoms with van der Waals surface area (Å²) in [6.45, 7) is 7.66. The fraction of sp³-hybridized carbons (Fsp3) is 0.588. The van der Waals surface area contributed by atoms with Crippen LogP contribution in [0.1, 0.15) is 12.5 Å². The molecule has 8 heteroatoms. The molecule has 0 aromatic heterocycles. The number of nitrogens with one attached hydrogen (secondary N) is 2. The lowest BCUT2D eigenvalue weighted by molar-refractivity contribution is -0.123. The third kappa shape index (κ3) is 6.40. The molecule has 25 heavy (non-hydrogen) atoms. The van der Waals surface area contributed by atoms with E-state index in [-0.39, 0.29) is 42.9 Å². The maximum atomic E-state index is 12.4. The summed E-state index contributed by atoms with van der Waals surface area (Å²) in [4.78, 5) is 14.8. The fourth-order valence-corrected chi connectivity index (χ4v) is 3.01. The standard InChI is InChI=1S/C17H25N3O3.2ClH/c1-13-16(18-5-8-23-13)17(21)19-15-4-2-3-14(11-15)12-20-6-9-22-10-7-20;;/h2-4,11,13,16,18H,5-10,12H2,1H3,(H,19,21);2*1H/t13-,16+;;/m1../s1. The highest BCUT2D eigenvalue weighted by molar-refractivity contribution is 5.95. The molecule has 0 aliphatic carbocycles. The molecule has 2 fully saturated rings. The van der Waals surface area contributed by atoms with E-state index in [2.05, 4.69) is 21.6 Å². The van der Waals surface area contributed by atoms with Crippen molar-refractivity contribution in [1.29, 1.82) is 0 Å². The molecular formula is C17H27Cl2N3O3. The van der Waals surface area contributed by atoms with Gasteiger partial charge in [-0.2, -0.15) is 0 Å². The minimum atomic E-state index is -0.299. The Labute approximate surface area is 161 Å². The van der Waals surface area contributed by atoms with Crippen LogP contribution >= 0.6 is 24.8 Å². The van der Waals surface area contributed by atoms with Gasteiger partial charge in [0.1, 0.15) is 6.04 Å². The Bertz CT molecular complexity index is 542. The van der Waals surface area contributed by atoms with Crippen LogP contribution in [0, 0.1) is 0 Å². The Kier molecular flexibility index (Phi) is 9.71. The smallest absolute Gasteiger partial charge is 0.244 e. The van der Waals surface area contributed by atoms with Gasteiger partial charge in [0.25, 0.3) is 0 Å². The summed E-state index contributed by atoms with van der Waals surface area (Å²) in [5.74, 6) is -0.0410. The number of nitrogens with zero attached hydrogens (tertiary/aromatic N) is 1. The number of halogens is 2. The zero-order valence-corrected chi connectivity index (χ0v) is 16.0. The van der Waals surface area contributed by atoms with Crippen LogP contribution in [-0.2, 0) is 20.8 Å². The fourth-order valence-electron chi connectivity index (χ4n) is 3.01. The lowest BCUT2D eigenvalue weighted by atomic mass is 10.1. The molecule has 2 N–H and O–H groups in total. The summed E-state index contributed by atoms with van der Waals surface area (Å²) in [6, 6.07) is 7.75. The van der Waals surface area contributed by atoms with Crippen molar-refractivity contribution in [3.63, 3.8) is 0 Å². The first kappa shape index (κ1) is 22.2. The second-order valence-corrected chi connectivity index (χ2v) is 6.09. The number of ether oxygens (including phenoxy) is 2. The van der Waals surface area contributed by atoms with Crippen molar-refractivity contribution in [2.45, 2.75) is 25.6 Å². The summed E-state index contributed by atoms with van der Waals surface area (Å²) in [5, 5.41) is 6.21. The maximum Gasteiger partial charge on any atom is 0.244 e. The van der Waals surface area contributed by atoms with Crippen molar-refractivity contribution in [3.8, 4) is 0 Å². The van der Waals surface area contributed by atoms with Crippen molar-refractivity contribution in [2.75, 3.05) is 44.8 Å². The van der Waals surface area contributed by atoms with Crippen LogP contribution in [0.5, 0.6) is 0 Å². The van der Waals surface area contributed by atoms with E-state index in [1.807, 2.05) is 25.1 Å². The highest BCUT2D eigenvalue weighted by atomic mass is 35.5. The van der Waals surface area contributed by atoms with Gasteiger partial charge in [0.05, 0.1) is 25.9 Å². The molecular weight excluding hydrogens is 365 g/mol. The first-order valence-electron chi connectivity index (χ1n) is 8.27. The van der Waals surface area contributed by atoms with Gasteiger partial charge in [-0.25, -0.2) is 0 Å². The summed E-state index contributed by atoms with van der Waals surface area (Å²) in [7, 11) is 0. The lowest BCUT2D eigenvalue weighted by Gasteiger charge is -2.29. The molecule has 2 atom stereocenters. The van der Waals surface area contributed by atoms with E-state index >= 15 is 0 Å². The van der Waals surface area contributed by atoms with E-state index in [1.54, 1.807) is 0 Å². The molecule has 0 unspecified atom stereocenters. The number of amides is 1. The molecule has 0 radical (unpaired) electrons. The van der Waals surface area contributed by atoms with Gasteiger partial charge in [0, 0.05) is 31.9 Å². The van der Waals surface area contributed by atoms with Gasteiger partial charge in [-0.3, -0.25) is 9.69 Å². The van der Waals surface area contributed by atoms with E-state index in [4.69, 9.17) is 9.47 Å². The van der Waals surface area contributed by atoms with Crippen molar-refractivity contribution in [1.82, 2.24) is 10.2 Å². The Morgan fingerprint density at radius 1 is 1.28 bits per heavy atom. The minimum absolute atomic E-state index is 0. The zero-order valence-electron chi connectivity index (χ0n) is 14.4. The normalized spacial score (nSPS) is 23.9. The van der Waals surface area contributed by atoms with Gasteiger partial charge in [0.2, 0.25) is 5.91 Å². The average Bonchev–Trinajstić information content (AvgIpc) is 2.56. The molecule has 6 nitrogen and oxygen atoms in total. The molecule has 1 aromatic rings. The third-order valence-electron chi connectivity index (χ3n) is 4.30. The van der Waals surface area contributed by atoms with Crippen molar-refractivity contribution < 1.29 is 14.3 Å². The van der Waals surface area contributed by atoms with Crippen molar-refractivity contribution >= 4 is 36.4 Å². The molecule has 1 amide bonds. The predicted octanol–water partition coefficient (Wildman–Crippen LogP) is 1.68. The lowest BCUT2D eigenvalue weighted by Crippen LogP contribution is -2.53. The topological polar surface area (TPSA) is 62.8 Å². The monoisotopic (exact) mass is 391 g/mol. The van der Waals surface area contributed by atoms with E-state index in [0.717, 1.165) is 38.5 Å². The molecule has 2 aliphatic heterocycles. The van der Waals surface area contributed by atoms with E-state index < -0.39 is 0 Å². The Hall–Kier alpha value is -0.890. The van der Waals surface area contributed by atoms with Crippen LogP contribution < -0.4 is 10.6 Å². The van der Waals surface area contributed by atoms with Crippen LogP contribution in [0.2, 0.25) is 0 Å². The Morgan fingerprint density at radius 2 is 2.04 bits per heavy atom. The van der Waals surface area contributed by atoms with Gasteiger partial charge in [0.15, 0.2) is 0 Å². The van der Waals surface area contributed by atoms with Crippen LogP contribution in [-0.4, -0.2) is 62.4 Å². The average molecular weight is 392 g/mol. The second kappa shape index (κ2) is 11.0. The number of benzene rings is 1. The second-order valence-electron chi connectivity index (χ2n) is 6.09. The Balaban J connectivity index is 0.00000156. The number of carbonyl (C=O) groups excluding carboxylic acids is 1. The largest absolute Gasteiger partial charge is 0.379 e. The quantitative estimate of drug-likeness (QED) is 0.817. The minimum Gasteiger partial charge on any atom is -0.379 e. The van der Waals surface area contributed by atoms with Gasteiger partial charge in [-0.1, -0.05) is 12.1 Å². The Morgan fingerprint density at radius 3 is 2.76 bits per heavy atom. The highest BCUT2D eigenvalue weighted by Crippen LogP contribution is 2.15. The number of rotatable bonds is 4. The molecule has 0 saturated carbocycles. The van der Waals surface area contributed by atoms with E-state index in [1.165, 1.54) is 5.56 Å². The molecule has 2 saturated heterocycles.